The Morgan fingerprint density at radius 1 is 0.789 bits per heavy atom. The van der Waals surface area contributed by atoms with E-state index in [2.05, 4.69) is 43.5 Å². The molecule has 1 unspecified atom stereocenters. The van der Waals surface area contributed by atoms with Crippen LogP contribution in [0.1, 0.15) is 93.5 Å². The van der Waals surface area contributed by atoms with Crippen molar-refractivity contribution in [3.63, 3.8) is 0 Å². The molecule has 0 spiro atoms. The van der Waals surface area contributed by atoms with Crippen LogP contribution in [-0.4, -0.2) is 267 Å². The first-order chi connectivity index (χ1) is 45.4. The van der Waals surface area contributed by atoms with Crippen LogP contribution in [0.15, 0.2) is 54.7 Å². The number of ether oxygens (including phenoxy) is 1. The number of aryl methyl sites for hydroxylation is 1. The molecule has 7 amide bonds. The Hall–Kier alpha value is -7.18. The van der Waals surface area contributed by atoms with Gasteiger partial charge < -0.3 is 45.8 Å². The quantitative estimate of drug-likeness (QED) is 0.0296. The van der Waals surface area contributed by atoms with E-state index in [1.807, 2.05) is 29.2 Å². The Bertz CT molecular complexity index is 3180. The summed E-state index contributed by atoms with van der Waals surface area (Å²) >= 11 is 3.50. The molecule has 0 bridgehead atoms. The van der Waals surface area contributed by atoms with Crippen LogP contribution >= 0.6 is 34.4 Å². The highest BCUT2D eigenvalue weighted by molar-refractivity contribution is 14.1. The van der Waals surface area contributed by atoms with Crippen molar-refractivity contribution in [3.8, 4) is 11.8 Å². The van der Waals surface area contributed by atoms with Crippen molar-refractivity contribution in [2.24, 2.45) is 11.8 Å². The van der Waals surface area contributed by atoms with Crippen LogP contribution in [0.5, 0.6) is 5.75 Å². The molecule has 95 heavy (non-hydrogen) atoms. The van der Waals surface area contributed by atoms with Gasteiger partial charge >= 0.3 is 17.9 Å². The lowest BCUT2D eigenvalue weighted by molar-refractivity contribution is -0.143. The van der Waals surface area contributed by atoms with E-state index in [1.165, 1.54) is 24.0 Å². The fraction of sp³-hybridized carbons (Fsp3) is 0.600. The number of alkyl halides is 2. The Kier molecular flexibility index (Phi) is 29.6. The first kappa shape index (κ1) is 75.2. The Labute approximate surface area is 569 Å². The van der Waals surface area contributed by atoms with Crippen LogP contribution in [0.2, 0.25) is 0 Å². The molecule has 4 aliphatic rings. The number of aromatic nitrogens is 1. The molecule has 518 valence electrons. The molecule has 7 rings (SSSR count). The normalized spacial score (nSPS) is 19.5. The number of unbranched alkanes of at least 4 members (excludes halogenated alkanes) is 1. The highest BCUT2D eigenvalue weighted by Crippen LogP contribution is 2.33. The number of carboxylic acids is 3. The van der Waals surface area contributed by atoms with Crippen molar-refractivity contribution in [2.45, 2.75) is 107 Å². The number of hydrogen-bond donors (Lipinski definition) is 6. The number of fused-ring (bicyclic) bond motifs is 1. The Morgan fingerprint density at radius 3 is 2.02 bits per heavy atom. The molecule has 4 atom stereocenters. The topological polar surface area (TPSA) is 336 Å². The number of carbonyl (C=O) groups is 10. The summed E-state index contributed by atoms with van der Waals surface area (Å²) < 4.78 is 35.1. The van der Waals surface area contributed by atoms with E-state index in [-0.39, 0.29) is 121 Å². The zero-order chi connectivity index (χ0) is 68.6. The molecule has 5 heterocycles. The van der Waals surface area contributed by atoms with Gasteiger partial charge in [-0.2, -0.15) is 5.26 Å². The number of aliphatic carboxylic acids is 3. The van der Waals surface area contributed by atoms with Crippen LogP contribution in [0.4, 0.5) is 8.78 Å². The summed E-state index contributed by atoms with van der Waals surface area (Å²) in [5.74, 6) is -8.87. The second kappa shape index (κ2) is 37.4. The molecular formula is C65H87F2IN12O14S. The molecule has 0 radical (unpaired) electrons. The van der Waals surface area contributed by atoms with Gasteiger partial charge in [0.2, 0.25) is 35.4 Å². The van der Waals surface area contributed by atoms with Gasteiger partial charge in [0, 0.05) is 125 Å². The van der Waals surface area contributed by atoms with Gasteiger partial charge in [-0.05, 0) is 128 Å². The smallest absolute Gasteiger partial charge is 0.317 e. The fourth-order valence-corrected chi connectivity index (χ4v) is 13.8. The Morgan fingerprint density at radius 2 is 1.41 bits per heavy atom. The van der Waals surface area contributed by atoms with Crippen molar-refractivity contribution in [1.29, 1.82) is 5.26 Å². The number of carboxylic acid groups (broad SMARTS) is 3. The summed E-state index contributed by atoms with van der Waals surface area (Å²) in [6.07, 6.45) is 7.07. The highest BCUT2D eigenvalue weighted by Gasteiger charge is 2.47. The van der Waals surface area contributed by atoms with E-state index in [0.717, 1.165) is 44.6 Å². The molecule has 2 aromatic carbocycles. The van der Waals surface area contributed by atoms with Crippen LogP contribution < -0.4 is 20.7 Å². The number of nitrogens with one attached hydrogen (secondary N) is 3. The van der Waals surface area contributed by atoms with Crippen molar-refractivity contribution in [2.75, 3.05) is 130 Å². The number of rotatable bonds is 32. The lowest BCUT2D eigenvalue weighted by atomic mass is 9.91. The van der Waals surface area contributed by atoms with E-state index >= 15 is 0 Å². The van der Waals surface area contributed by atoms with Gasteiger partial charge in [0.25, 0.3) is 11.8 Å². The van der Waals surface area contributed by atoms with Crippen molar-refractivity contribution in [3.05, 3.63) is 69.4 Å². The average Bonchev–Trinajstić information content (AvgIpc) is 1.68. The molecule has 4 fully saturated rings. The number of piperidine rings is 1. The monoisotopic (exact) mass is 1460 g/mol. The summed E-state index contributed by atoms with van der Waals surface area (Å²) in [4.78, 5) is 145. The summed E-state index contributed by atoms with van der Waals surface area (Å²) in [5, 5.41) is 46.5. The molecule has 1 aromatic heterocycles. The average molecular weight is 1460 g/mol. The zero-order valence-corrected chi connectivity index (χ0v) is 56.6. The number of halogens is 3. The number of thioether (sulfide) groups is 1. The van der Waals surface area contributed by atoms with Crippen LogP contribution in [0.25, 0.3) is 10.9 Å². The van der Waals surface area contributed by atoms with Crippen molar-refractivity contribution >= 4 is 105 Å². The second-order valence-corrected chi connectivity index (χ2v) is 27.3. The molecule has 26 nitrogen and oxygen atoms in total. The van der Waals surface area contributed by atoms with Crippen molar-refractivity contribution in [1.82, 2.24) is 55.2 Å². The van der Waals surface area contributed by atoms with Gasteiger partial charge in [-0.1, -0.05) is 19.1 Å². The number of amides is 7. The third kappa shape index (κ3) is 24.8. The number of pyridine rings is 1. The number of benzene rings is 2. The molecular weight excluding hydrogens is 1370 g/mol. The SMILES string of the molecule is C[C@H](CN1C(=O)CC(SC[C@H](CCCCNC(=O)CCCc2ccc(I)cc2)NC(=O)CN2CCN(CC(=O)O)CCN(CC(=O)O)CCN(CC(=O)O)CC2)C1=O)C(=O)N1CCC(CCCOc2ccc3nccc(C(=O)NCC(=O)N4CC(F)(F)C[C@@H]4C#N)c3c2)CC1. The molecule has 3 aromatic rings. The predicted octanol–water partition coefficient (Wildman–Crippen LogP) is 3.49. The summed E-state index contributed by atoms with van der Waals surface area (Å²) in [7, 11) is 0. The molecule has 6 N–H and O–H groups in total. The maximum Gasteiger partial charge on any atom is 0.317 e. The maximum atomic E-state index is 14.1. The molecule has 4 aliphatic heterocycles. The van der Waals surface area contributed by atoms with Gasteiger partial charge in [-0.15, -0.1) is 11.8 Å². The highest BCUT2D eigenvalue weighted by atomic mass is 127. The standard InChI is InChI=1S/C65H87F2IN12O14S/c1-44(63(92)78-21-17-46(18-22-78)7-5-31-94-50-14-15-53-52(32-50)51(16-20-70-53)62(91)72-36-58(84)80-43-65(66,67)34-49(80)35-69)37-79-57(83)33-54(64(79)93)95-42-48(8-2-3-19-71-55(81)9-4-6-45-10-12-47(68)13-11-45)73-56(82)38-74-23-25-75(39-59(85)86)27-29-77(41-61(89)90)30-28-76(26-24-74)40-60(87)88/h10-16,20,32,44,46,48-49,54H,2-9,17-19,21-31,33-34,36-43H2,1H3,(H,71,81)(H,72,91)(H,73,82)(H,85,86)(H,87,88)(H,89,90)/t44-,48+,49-,54?/m1/s1. The van der Waals surface area contributed by atoms with Crippen LogP contribution in [0.3, 0.4) is 0 Å². The number of hydrogen-bond acceptors (Lipinski definition) is 18. The zero-order valence-electron chi connectivity index (χ0n) is 53.6. The van der Waals surface area contributed by atoms with Gasteiger partial charge in [0.05, 0.1) is 74.2 Å². The summed E-state index contributed by atoms with van der Waals surface area (Å²) in [5.41, 5.74) is 1.84. The lowest BCUT2D eigenvalue weighted by Crippen LogP contribution is -2.50. The van der Waals surface area contributed by atoms with Crippen LogP contribution in [0, 0.1) is 26.7 Å². The lowest BCUT2D eigenvalue weighted by Gasteiger charge is -2.34. The first-order valence-corrected chi connectivity index (χ1v) is 34.5. The van der Waals surface area contributed by atoms with Gasteiger partial charge in [-0.25, -0.2) is 8.78 Å². The predicted molar refractivity (Wildman–Crippen MR) is 355 cm³/mol. The molecule has 4 saturated heterocycles. The third-order valence-corrected chi connectivity index (χ3v) is 19.5. The van der Waals surface area contributed by atoms with Gasteiger partial charge in [0.15, 0.2) is 0 Å². The van der Waals surface area contributed by atoms with Crippen molar-refractivity contribution < 1.29 is 76.8 Å². The number of imide groups is 1. The first-order valence-electron chi connectivity index (χ1n) is 32.4. The largest absolute Gasteiger partial charge is 0.494 e. The van der Waals surface area contributed by atoms with E-state index in [9.17, 15) is 77.3 Å². The van der Waals surface area contributed by atoms with E-state index in [0.29, 0.717) is 87.3 Å². The summed E-state index contributed by atoms with van der Waals surface area (Å²) in [6, 6.07) is 14.7. The number of nitriles is 1. The number of likely N-dealkylation sites (tertiary alicyclic amines) is 3. The van der Waals surface area contributed by atoms with E-state index in [4.69, 9.17) is 4.74 Å². The van der Waals surface area contributed by atoms with E-state index in [1.54, 1.807) is 50.8 Å². The minimum Gasteiger partial charge on any atom is -0.494 e. The third-order valence-electron chi connectivity index (χ3n) is 17.5. The minimum absolute atomic E-state index is 0.0653. The molecule has 0 aliphatic carbocycles. The molecule has 30 heteroatoms. The maximum absolute atomic E-state index is 14.1. The Balaban J connectivity index is 0.877. The number of carbonyl (C=O) groups excluding carboxylic acids is 7. The van der Waals surface area contributed by atoms with Gasteiger partial charge in [-0.3, -0.25) is 77.4 Å². The minimum atomic E-state index is -3.19. The van der Waals surface area contributed by atoms with Crippen LogP contribution in [-0.2, 0) is 49.6 Å². The number of nitrogens with zero attached hydrogens (tertiary/aromatic N) is 9. The fourth-order valence-electron chi connectivity index (χ4n) is 12.2. The summed E-state index contributed by atoms with van der Waals surface area (Å²) in [6.45, 7) is 2.62. The second-order valence-electron chi connectivity index (χ2n) is 24.9. The van der Waals surface area contributed by atoms with Gasteiger partial charge in [0.1, 0.15) is 11.8 Å². The van der Waals surface area contributed by atoms with E-state index < -0.39 is 90.2 Å². The molecule has 0 saturated carbocycles.